The minimum atomic E-state index is -4.37. The first-order valence-electron chi connectivity index (χ1n) is 9.22. The van der Waals surface area contributed by atoms with Crippen LogP contribution in [-0.2, 0) is 6.18 Å². The lowest BCUT2D eigenvalue weighted by molar-refractivity contribution is -0.137. The number of amidine groups is 1. The molecule has 1 atom stereocenters. The van der Waals surface area contributed by atoms with Crippen molar-refractivity contribution >= 4 is 22.4 Å². The number of hydrogen-bond acceptors (Lipinski definition) is 2. The third-order valence-corrected chi connectivity index (χ3v) is 5.61. The van der Waals surface area contributed by atoms with Gasteiger partial charge in [0.2, 0.25) is 0 Å². The molecule has 28 heavy (non-hydrogen) atoms. The molecule has 1 unspecified atom stereocenters. The molecule has 2 N–H and O–H groups in total. The van der Waals surface area contributed by atoms with Crippen LogP contribution in [0.25, 0.3) is 16.6 Å². The zero-order valence-electron chi connectivity index (χ0n) is 15.7. The van der Waals surface area contributed by atoms with Crippen molar-refractivity contribution in [2.45, 2.75) is 38.4 Å². The van der Waals surface area contributed by atoms with E-state index in [9.17, 15) is 13.2 Å². The Hall–Kier alpha value is -2.83. The fourth-order valence-corrected chi connectivity index (χ4v) is 3.78. The Kier molecular flexibility index (Phi) is 4.40. The van der Waals surface area contributed by atoms with Gasteiger partial charge in [0, 0.05) is 13.5 Å². The Morgan fingerprint density at radius 3 is 2.57 bits per heavy atom. The van der Waals surface area contributed by atoms with Crippen LogP contribution in [0.1, 0.15) is 37.6 Å². The van der Waals surface area contributed by atoms with Crippen LogP contribution in [-0.4, -0.2) is 33.8 Å². The second-order valence-electron chi connectivity index (χ2n) is 7.30. The molecule has 0 amide bonds. The standard InChI is InChI=1S/C21H21F3N4/c1-12-16(8-10-19(25)28(12)2)13-3-5-14(6-4-13)20-26-17-9-7-15(21(22,23)24)11-18(17)27-20/h3,5,7-9,11-12,25H,4,6,10H2,1-2H3,(H,26,27). The van der Waals surface area contributed by atoms with Crippen LogP contribution in [0.4, 0.5) is 13.2 Å². The van der Waals surface area contributed by atoms with Gasteiger partial charge in [-0.25, -0.2) is 4.98 Å². The lowest BCUT2D eigenvalue weighted by atomic mass is 9.87. The number of allylic oxidation sites excluding steroid dienone is 3. The Bertz CT molecular complexity index is 1040. The van der Waals surface area contributed by atoms with Gasteiger partial charge in [-0.3, -0.25) is 5.41 Å². The molecule has 1 aromatic heterocycles. The molecule has 0 saturated carbocycles. The minimum Gasteiger partial charge on any atom is -0.357 e. The highest BCUT2D eigenvalue weighted by Gasteiger charge is 2.31. The highest BCUT2D eigenvalue weighted by atomic mass is 19.4. The van der Waals surface area contributed by atoms with E-state index in [2.05, 4.69) is 29.0 Å². The van der Waals surface area contributed by atoms with Gasteiger partial charge in [0.1, 0.15) is 5.82 Å². The van der Waals surface area contributed by atoms with E-state index in [1.807, 2.05) is 18.0 Å². The van der Waals surface area contributed by atoms with Crippen molar-refractivity contribution < 1.29 is 13.2 Å². The van der Waals surface area contributed by atoms with Gasteiger partial charge in [-0.05, 0) is 54.7 Å². The number of nitrogens with one attached hydrogen (secondary N) is 2. The number of aromatic amines is 1. The number of likely N-dealkylation sites (N-methyl/N-ethyl adjacent to an activating group) is 1. The Labute approximate surface area is 161 Å². The van der Waals surface area contributed by atoms with E-state index in [1.165, 1.54) is 17.2 Å². The number of alkyl halides is 3. The van der Waals surface area contributed by atoms with E-state index in [0.29, 0.717) is 29.1 Å². The summed E-state index contributed by atoms with van der Waals surface area (Å²) in [4.78, 5) is 9.48. The van der Waals surface area contributed by atoms with Crippen molar-refractivity contribution in [3.63, 3.8) is 0 Å². The highest BCUT2D eigenvalue weighted by Crippen LogP contribution is 2.35. The third-order valence-electron chi connectivity index (χ3n) is 5.61. The molecule has 0 saturated heterocycles. The second kappa shape index (κ2) is 6.65. The molecule has 146 valence electrons. The molecule has 2 aliphatic rings. The molecule has 4 nitrogen and oxygen atoms in total. The van der Waals surface area contributed by atoms with Crippen molar-refractivity contribution in [2.75, 3.05) is 7.05 Å². The van der Waals surface area contributed by atoms with Crippen molar-refractivity contribution in [1.29, 1.82) is 5.41 Å². The first kappa shape index (κ1) is 18.5. The van der Waals surface area contributed by atoms with E-state index in [0.717, 1.165) is 30.5 Å². The van der Waals surface area contributed by atoms with E-state index in [-0.39, 0.29) is 6.04 Å². The van der Waals surface area contributed by atoms with Gasteiger partial charge in [0.25, 0.3) is 0 Å². The summed E-state index contributed by atoms with van der Waals surface area (Å²) in [5.41, 5.74) is 3.72. The number of rotatable bonds is 2. The largest absolute Gasteiger partial charge is 0.416 e. The van der Waals surface area contributed by atoms with Crippen molar-refractivity contribution in [1.82, 2.24) is 14.9 Å². The van der Waals surface area contributed by atoms with Crippen molar-refractivity contribution in [3.8, 4) is 0 Å². The average Bonchev–Trinajstić information content (AvgIpc) is 3.09. The molecule has 2 aromatic rings. The number of hydrogen-bond donors (Lipinski definition) is 2. The number of imidazole rings is 1. The average molecular weight is 386 g/mol. The number of H-pyrrole nitrogens is 1. The zero-order chi connectivity index (χ0) is 20.1. The van der Waals surface area contributed by atoms with E-state index in [1.54, 1.807) is 0 Å². The fraction of sp³-hybridized carbons (Fsp3) is 0.333. The summed E-state index contributed by atoms with van der Waals surface area (Å²) >= 11 is 0. The molecule has 1 aliphatic carbocycles. The summed E-state index contributed by atoms with van der Waals surface area (Å²) < 4.78 is 38.7. The van der Waals surface area contributed by atoms with Crippen LogP contribution < -0.4 is 0 Å². The van der Waals surface area contributed by atoms with Crippen LogP contribution in [0.15, 0.2) is 47.6 Å². The molecule has 0 spiro atoms. The lowest BCUT2D eigenvalue weighted by Crippen LogP contribution is -2.39. The van der Waals surface area contributed by atoms with Gasteiger partial charge in [-0.1, -0.05) is 18.2 Å². The van der Waals surface area contributed by atoms with Crippen LogP contribution in [0, 0.1) is 5.41 Å². The summed E-state index contributed by atoms with van der Waals surface area (Å²) in [6, 6.07) is 3.73. The number of benzene rings is 1. The molecular weight excluding hydrogens is 365 g/mol. The molecular formula is C21H21F3N4. The SMILES string of the molecule is CC1C(C2=CC=C(c3nc4ccc(C(F)(F)F)cc4[nH]3)CC2)=CCC(=N)N1C. The predicted octanol–water partition coefficient (Wildman–Crippen LogP) is 5.31. The molecule has 1 aromatic carbocycles. The fourth-order valence-electron chi connectivity index (χ4n) is 3.78. The Morgan fingerprint density at radius 2 is 1.89 bits per heavy atom. The number of halogens is 3. The highest BCUT2D eigenvalue weighted by molar-refractivity contribution is 5.83. The number of fused-ring (bicyclic) bond motifs is 1. The Morgan fingerprint density at radius 1 is 1.18 bits per heavy atom. The second-order valence-corrected chi connectivity index (χ2v) is 7.30. The smallest absolute Gasteiger partial charge is 0.357 e. The maximum Gasteiger partial charge on any atom is 0.416 e. The van der Waals surface area contributed by atoms with Crippen LogP contribution >= 0.6 is 0 Å². The summed E-state index contributed by atoms with van der Waals surface area (Å²) in [5, 5.41) is 7.95. The van der Waals surface area contributed by atoms with Crippen LogP contribution in [0.5, 0.6) is 0 Å². The monoisotopic (exact) mass is 386 g/mol. The molecule has 2 heterocycles. The van der Waals surface area contributed by atoms with Gasteiger partial charge in [-0.2, -0.15) is 13.2 Å². The van der Waals surface area contributed by atoms with E-state index >= 15 is 0 Å². The zero-order valence-corrected chi connectivity index (χ0v) is 15.7. The number of aromatic nitrogens is 2. The summed E-state index contributed by atoms with van der Waals surface area (Å²) in [6.45, 7) is 2.09. The molecule has 1 aliphatic heterocycles. The Balaban J connectivity index is 1.62. The third kappa shape index (κ3) is 3.25. The summed E-state index contributed by atoms with van der Waals surface area (Å²) in [6.07, 6.45) is 4.06. The van der Waals surface area contributed by atoms with E-state index in [4.69, 9.17) is 5.41 Å². The molecule has 0 radical (unpaired) electrons. The first-order chi connectivity index (χ1) is 13.2. The maximum atomic E-state index is 12.9. The quantitative estimate of drug-likeness (QED) is 0.735. The van der Waals surface area contributed by atoms with Gasteiger partial charge >= 0.3 is 6.18 Å². The minimum absolute atomic E-state index is 0.162. The van der Waals surface area contributed by atoms with Crippen LogP contribution in [0.3, 0.4) is 0 Å². The lowest BCUT2D eigenvalue weighted by Gasteiger charge is -2.34. The first-order valence-corrected chi connectivity index (χ1v) is 9.22. The molecule has 0 bridgehead atoms. The predicted molar refractivity (Wildman–Crippen MR) is 104 cm³/mol. The summed E-state index contributed by atoms with van der Waals surface area (Å²) in [7, 11) is 1.94. The normalized spacial score (nSPS) is 20.9. The topological polar surface area (TPSA) is 55.8 Å². The van der Waals surface area contributed by atoms with Crippen LogP contribution in [0.2, 0.25) is 0 Å². The van der Waals surface area contributed by atoms with Crippen molar-refractivity contribution in [3.05, 3.63) is 59.0 Å². The molecule has 0 fully saturated rings. The van der Waals surface area contributed by atoms with Crippen molar-refractivity contribution in [2.24, 2.45) is 0 Å². The van der Waals surface area contributed by atoms with Gasteiger partial charge in [0.05, 0.1) is 28.5 Å². The molecule has 7 heteroatoms. The summed E-state index contributed by atoms with van der Waals surface area (Å²) in [5.74, 6) is 1.23. The van der Waals surface area contributed by atoms with Gasteiger partial charge < -0.3 is 9.88 Å². The van der Waals surface area contributed by atoms with Gasteiger partial charge in [0.15, 0.2) is 0 Å². The van der Waals surface area contributed by atoms with Gasteiger partial charge in [-0.15, -0.1) is 0 Å². The number of nitrogens with zero attached hydrogens (tertiary/aromatic N) is 2. The van der Waals surface area contributed by atoms with E-state index < -0.39 is 11.7 Å². The maximum absolute atomic E-state index is 12.9. The molecule has 4 rings (SSSR count).